The van der Waals surface area contributed by atoms with Crippen molar-refractivity contribution in [2.75, 3.05) is 46.4 Å². The minimum atomic E-state index is -0.289. The second-order valence-corrected chi connectivity index (χ2v) is 9.27. The highest BCUT2D eigenvalue weighted by Crippen LogP contribution is 2.22. The predicted molar refractivity (Wildman–Crippen MR) is 128 cm³/mol. The number of amides is 3. The van der Waals surface area contributed by atoms with Gasteiger partial charge >= 0.3 is 5.97 Å². The Morgan fingerprint density at radius 2 is 1.65 bits per heavy atom. The van der Waals surface area contributed by atoms with Crippen LogP contribution in [0.25, 0.3) is 0 Å². The molecule has 1 unspecified atom stereocenters. The molecule has 8 heteroatoms. The molecule has 1 aromatic carbocycles. The van der Waals surface area contributed by atoms with E-state index in [1.807, 2.05) is 35.2 Å². The Balaban J connectivity index is 1.41. The van der Waals surface area contributed by atoms with Crippen LogP contribution in [-0.2, 0) is 30.3 Å². The minimum absolute atomic E-state index is 0.00456. The number of ether oxygens (including phenoxy) is 1. The number of aryl methyl sites for hydroxylation is 1. The van der Waals surface area contributed by atoms with Crippen molar-refractivity contribution in [1.29, 1.82) is 0 Å². The summed E-state index contributed by atoms with van der Waals surface area (Å²) in [4.78, 5) is 55.3. The van der Waals surface area contributed by atoms with E-state index in [1.165, 1.54) is 4.90 Å². The van der Waals surface area contributed by atoms with Crippen LogP contribution in [0.3, 0.4) is 0 Å². The van der Waals surface area contributed by atoms with Gasteiger partial charge in [-0.2, -0.15) is 0 Å². The molecule has 0 radical (unpaired) electrons. The molecule has 0 bridgehead atoms. The molecule has 1 aromatic rings. The third-order valence-electron chi connectivity index (χ3n) is 6.81. The largest absolute Gasteiger partial charge is 0.466 e. The summed E-state index contributed by atoms with van der Waals surface area (Å²) >= 11 is 0. The van der Waals surface area contributed by atoms with Crippen LogP contribution < -0.4 is 0 Å². The van der Waals surface area contributed by atoms with Crippen molar-refractivity contribution in [3.8, 4) is 0 Å². The molecule has 0 aromatic heterocycles. The molecule has 0 N–H and O–H groups in total. The van der Waals surface area contributed by atoms with Gasteiger partial charge in [0.05, 0.1) is 19.1 Å². The van der Waals surface area contributed by atoms with Crippen LogP contribution in [-0.4, -0.2) is 84.8 Å². The first-order valence-corrected chi connectivity index (χ1v) is 12.4. The SMILES string of the molecule is CCOC(=O)C1CCCN(C(=O)CN(C)C(=O)C2CCN(C(=O)CCc3ccccc3)CC2)C1. The molecule has 186 valence electrons. The van der Waals surface area contributed by atoms with Crippen LogP contribution >= 0.6 is 0 Å². The maximum Gasteiger partial charge on any atom is 0.310 e. The van der Waals surface area contributed by atoms with Crippen molar-refractivity contribution in [3.63, 3.8) is 0 Å². The van der Waals surface area contributed by atoms with Crippen molar-refractivity contribution in [1.82, 2.24) is 14.7 Å². The van der Waals surface area contributed by atoms with E-state index in [4.69, 9.17) is 4.74 Å². The number of piperidine rings is 2. The molecule has 2 heterocycles. The normalized spacial score (nSPS) is 18.9. The molecule has 0 saturated carbocycles. The number of likely N-dealkylation sites (N-methyl/N-ethyl adjacent to an activating group) is 1. The number of benzene rings is 1. The van der Waals surface area contributed by atoms with Crippen LogP contribution in [0.2, 0.25) is 0 Å². The molecule has 2 fully saturated rings. The zero-order chi connectivity index (χ0) is 24.5. The summed E-state index contributed by atoms with van der Waals surface area (Å²) in [5, 5.41) is 0. The van der Waals surface area contributed by atoms with Crippen LogP contribution in [0.4, 0.5) is 0 Å². The molecular formula is C26H37N3O5. The molecule has 0 spiro atoms. The van der Waals surface area contributed by atoms with Crippen molar-refractivity contribution in [2.24, 2.45) is 11.8 Å². The van der Waals surface area contributed by atoms with E-state index in [-0.39, 0.29) is 42.1 Å². The Bertz CT molecular complexity index is 851. The smallest absolute Gasteiger partial charge is 0.310 e. The van der Waals surface area contributed by atoms with Crippen LogP contribution in [0.1, 0.15) is 44.6 Å². The second kappa shape index (κ2) is 12.5. The fraction of sp³-hybridized carbons (Fsp3) is 0.615. The lowest BCUT2D eigenvalue weighted by Gasteiger charge is -2.35. The lowest BCUT2D eigenvalue weighted by atomic mass is 9.94. The van der Waals surface area contributed by atoms with E-state index >= 15 is 0 Å². The number of carbonyl (C=O) groups is 4. The van der Waals surface area contributed by atoms with E-state index in [0.29, 0.717) is 52.0 Å². The number of esters is 1. The van der Waals surface area contributed by atoms with Crippen molar-refractivity contribution in [3.05, 3.63) is 35.9 Å². The first-order chi connectivity index (χ1) is 16.4. The summed E-state index contributed by atoms with van der Waals surface area (Å²) in [6.45, 7) is 4.19. The van der Waals surface area contributed by atoms with Gasteiger partial charge in [0.1, 0.15) is 0 Å². The van der Waals surface area contributed by atoms with Crippen LogP contribution in [0, 0.1) is 11.8 Å². The maximum atomic E-state index is 12.9. The monoisotopic (exact) mass is 471 g/mol. The summed E-state index contributed by atoms with van der Waals surface area (Å²) in [7, 11) is 1.66. The van der Waals surface area contributed by atoms with Crippen LogP contribution in [0.15, 0.2) is 30.3 Å². The molecule has 2 saturated heterocycles. The van der Waals surface area contributed by atoms with Gasteiger partial charge in [-0.15, -0.1) is 0 Å². The molecule has 8 nitrogen and oxygen atoms in total. The van der Waals surface area contributed by atoms with E-state index in [2.05, 4.69) is 0 Å². The Hall–Kier alpha value is -2.90. The number of likely N-dealkylation sites (tertiary alicyclic amines) is 2. The Labute approximate surface area is 202 Å². The van der Waals surface area contributed by atoms with Gasteiger partial charge in [-0.3, -0.25) is 19.2 Å². The maximum absolute atomic E-state index is 12.9. The van der Waals surface area contributed by atoms with Gasteiger partial charge in [-0.25, -0.2) is 0 Å². The summed E-state index contributed by atoms with van der Waals surface area (Å²) in [5.41, 5.74) is 1.15. The summed E-state index contributed by atoms with van der Waals surface area (Å²) in [6, 6.07) is 9.96. The second-order valence-electron chi connectivity index (χ2n) is 9.27. The topological polar surface area (TPSA) is 87.2 Å². The first-order valence-electron chi connectivity index (χ1n) is 12.4. The van der Waals surface area contributed by atoms with E-state index in [0.717, 1.165) is 24.8 Å². The zero-order valence-corrected chi connectivity index (χ0v) is 20.4. The molecule has 2 aliphatic heterocycles. The third kappa shape index (κ3) is 7.05. The molecule has 1 atom stereocenters. The molecule has 3 amide bonds. The summed E-state index contributed by atoms with van der Waals surface area (Å²) < 4.78 is 5.10. The lowest BCUT2D eigenvalue weighted by molar-refractivity contribution is -0.152. The third-order valence-corrected chi connectivity index (χ3v) is 6.81. The number of rotatable bonds is 8. The first kappa shape index (κ1) is 25.7. The number of hydrogen-bond donors (Lipinski definition) is 0. The Kier molecular flexibility index (Phi) is 9.48. The molecule has 2 aliphatic rings. The van der Waals surface area contributed by atoms with Crippen molar-refractivity contribution >= 4 is 23.7 Å². The molecule has 3 rings (SSSR count). The van der Waals surface area contributed by atoms with E-state index in [1.54, 1.807) is 18.9 Å². The average molecular weight is 472 g/mol. The van der Waals surface area contributed by atoms with Gasteiger partial charge in [0.15, 0.2) is 0 Å². The van der Waals surface area contributed by atoms with Gasteiger partial charge < -0.3 is 19.4 Å². The molecule has 34 heavy (non-hydrogen) atoms. The molecular weight excluding hydrogens is 434 g/mol. The lowest BCUT2D eigenvalue weighted by Crippen LogP contribution is -2.49. The predicted octanol–water partition coefficient (Wildman–Crippen LogP) is 2.12. The highest BCUT2D eigenvalue weighted by Gasteiger charge is 2.32. The number of hydrogen-bond acceptors (Lipinski definition) is 5. The van der Waals surface area contributed by atoms with E-state index in [9.17, 15) is 19.2 Å². The number of carbonyl (C=O) groups excluding carboxylic acids is 4. The minimum Gasteiger partial charge on any atom is -0.466 e. The fourth-order valence-corrected chi connectivity index (χ4v) is 4.78. The number of nitrogens with zero attached hydrogens (tertiary/aromatic N) is 3. The zero-order valence-electron chi connectivity index (χ0n) is 20.4. The Morgan fingerprint density at radius 3 is 2.32 bits per heavy atom. The van der Waals surface area contributed by atoms with Gasteiger partial charge in [-0.05, 0) is 44.6 Å². The van der Waals surface area contributed by atoms with Gasteiger partial charge in [0.25, 0.3) is 0 Å². The van der Waals surface area contributed by atoms with Crippen molar-refractivity contribution < 1.29 is 23.9 Å². The van der Waals surface area contributed by atoms with Gasteiger partial charge in [0.2, 0.25) is 17.7 Å². The quantitative estimate of drug-likeness (QED) is 0.542. The highest BCUT2D eigenvalue weighted by atomic mass is 16.5. The standard InChI is InChI=1S/C26H37N3O5/c1-3-34-26(33)22-10-7-15-29(18-22)24(31)19-27(2)25(32)21-13-16-28(17-14-21)23(30)12-11-20-8-5-4-6-9-20/h4-6,8-9,21-22H,3,7,10-19H2,1-2H3. The van der Waals surface area contributed by atoms with Gasteiger partial charge in [0, 0.05) is 45.6 Å². The fourth-order valence-electron chi connectivity index (χ4n) is 4.78. The summed E-state index contributed by atoms with van der Waals surface area (Å²) in [6.07, 6.45) is 3.90. The average Bonchev–Trinajstić information content (AvgIpc) is 2.87. The highest BCUT2D eigenvalue weighted by molar-refractivity contribution is 5.86. The van der Waals surface area contributed by atoms with Crippen LogP contribution in [0.5, 0.6) is 0 Å². The van der Waals surface area contributed by atoms with E-state index < -0.39 is 0 Å². The van der Waals surface area contributed by atoms with Gasteiger partial charge in [-0.1, -0.05) is 30.3 Å². The Morgan fingerprint density at radius 1 is 0.941 bits per heavy atom. The summed E-state index contributed by atoms with van der Waals surface area (Å²) in [5.74, 6) is -0.789. The van der Waals surface area contributed by atoms with Crippen molar-refractivity contribution in [2.45, 2.75) is 45.4 Å². The molecule has 0 aliphatic carbocycles.